The van der Waals surface area contributed by atoms with Gasteiger partial charge >= 0.3 is 0 Å². The van der Waals surface area contributed by atoms with Crippen molar-refractivity contribution in [1.29, 1.82) is 5.26 Å². The Bertz CT molecular complexity index is 1040. The average Bonchev–Trinajstić information content (AvgIpc) is 2.81. The molecule has 2 aromatic carbocycles. The van der Waals surface area contributed by atoms with Crippen molar-refractivity contribution < 1.29 is 4.79 Å². The van der Waals surface area contributed by atoms with Crippen LogP contribution < -0.4 is 10.2 Å². The van der Waals surface area contributed by atoms with Crippen molar-refractivity contribution in [1.82, 2.24) is 15.1 Å². The molecule has 0 aliphatic carbocycles. The maximum atomic E-state index is 12.4. The molecule has 7 heteroatoms. The minimum atomic E-state index is -0.385. The number of benzene rings is 2. The van der Waals surface area contributed by atoms with Crippen molar-refractivity contribution in [2.24, 2.45) is 0 Å². The van der Waals surface area contributed by atoms with Gasteiger partial charge in [-0.05, 0) is 29.8 Å². The first-order chi connectivity index (χ1) is 14.7. The van der Waals surface area contributed by atoms with E-state index in [1.807, 2.05) is 12.1 Å². The van der Waals surface area contributed by atoms with E-state index >= 15 is 0 Å². The molecule has 4 rings (SSSR count). The molecule has 1 fully saturated rings. The smallest absolute Gasteiger partial charge is 0.276 e. The fourth-order valence-corrected chi connectivity index (χ4v) is 3.47. The molecule has 1 aromatic heterocycles. The maximum Gasteiger partial charge on any atom is 0.276 e. The highest BCUT2D eigenvalue weighted by atomic mass is 16.1. The molecule has 150 valence electrons. The molecular weight excluding hydrogens is 376 g/mol. The Labute approximate surface area is 175 Å². The van der Waals surface area contributed by atoms with Gasteiger partial charge in [0, 0.05) is 32.7 Å². The summed E-state index contributed by atoms with van der Waals surface area (Å²) >= 11 is 0. The summed E-state index contributed by atoms with van der Waals surface area (Å²) in [5.41, 5.74) is 2.41. The highest BCUT2D eigenvalue weighted by molar-refractivity contribution is 6.03. The number of rotatable bonds is 5. The highest BCUT2D eigenvalue weighted by Crippen LogP contribution is 2.17. The van der Waals surface area contributed by atoms with Gasteiger partial charge in [-0.25, -0.2) is 0 Å². The summed E-state index contributed by atoms with van der Waals surface area (Å²) in [5, 5.41) is 20.2. The Balaban J connectivity index is 1.34. The summed E-state index contributed by atoms with van der Waals surface area (Å²) in [6, 6.07) is 22.9. The number of nitrogens with zero attached hydrogens (tertiary/aromatic N) is 5. The topological polar surface area (TPSA) is 85.2 Å². The van der Waals surface area contributed by atoms with Crippen molar-refractivity contribution in [3.63, 3.8) is 0 Å². The number of amides is 1. The number of carbonyl (C=O) groups excluding carboxylic acids is 1. The van der Waals surface area contributed by atoms with E-state index in [-0.39, 0.29) is 11.6 Å². The van der Waals surface area contributed by atoms with Gasteiger partial charge in [0.15, 0.2) is 11.5 Å². The Kier molecular flexibility index (Phi) is 5.97. The highest BCUT2D eigenvalue weighted by Gasteiger charge is 2.19. The minimum Gasteiger partial charge on any atom is -0.353 e. The van der Waals surface area contributed by atoms with Gasteiger partial charge in [-0.15, -0.1) is 10.2 Å². The first-order valence-electron chi connectivity index (χ1n) is 9.88. The molecule has 1 saturated heterocycles. The zero-order chi connectivity index (χ0) is 20.8. The lowest BCUT2D eigenvalue weighted by atomic mass is 10.2. The third kappa shape index (κ3) is 4.62. The van der Waals surface area contributed by atoms with Gasteiger partial charge in [0.05, 0.1) is 11.3 Å². The largest absolute Gasteiger partial charge is 0.353 e. The van der Waals surface area contributed by atoms with Crippen LogP contribution >= 0.6 is 0 Å². The quantitative estimate of drug-likeness (QED) is 0.711. The summed E-state index contributed by atoms with van der Waals surface area (Å²) in [6.45, 7) is 4.57. The maximum absolute atomic E-state index is 12.4. The van der Waals surface area contributed by atoms with Crippen LogP contribution in [-0.4, -0.2) is 47.2 Å². The second-order valence-electron chi connectivity index (χ2n) is 7.14. The summed E-state index contributed by atoms with van der Waals surface area (Å²) in [6.07, 6.45) is 0. The van der Waals surface area contributed by atoms with Crippen molar-refractivity contribution in [3.8, 4) is 6.07 Å². The molecule has 30 heavy (non-hydrogen) atoms. The molecule has 0 unspecified atom stereocenters. The summed E-state index contributed by atoms with van der Waals surface area (Å²) in [7, 11) is 0. The van der Waals surface area contributed by atoms with Crippen molar-refractivity contribution in [2.45, 2.75) is 6.54 Å². The predicted molar refractivity (Wildman–Crippen MR) is 115 cm³/mol. The SMILES string of the molecule is N#Cc1ccccc1NC(=O)c1ccc(N2CCN(Cc3ccccc3)CC2)nn1. The Hall–Kier alpha value is -3.76. The van der Waals surface area contributed by atoms with Gasteiger partial charge in [-0.3, -0.25) is 9.69 Å². The number of piperazine rings is 1. The zero-order valence-corrected chi connectivity index (χ0v) is 16.5. The summed E-state index contributed by atoms with van der Waals surface area (Å²) in [5.74, 6) is 0.382. The van der Waals surface area contributed by atoms with Crippen molar-refractivity contribution in [2.75, 3.05) is 36.4 Å². The van der Waals surface area contributed by atoms with E-state index in [0.717, 1.165) is 38.5 Å². The molecule has 0 radical (unpaired) electrons. The van der Waals surface area contributed by atoms with Crippen LogP contribution in [0.25, 0.3) is 0 Å². The van der Waals surface area contributed by atoms with E-state index in [2.05, 4.69) is 55.6 Å². The number of anilines is 2. The van der Waals surface area contributed by atoms with E-state index in [0.29, 0.717) is 11.3 Å². The van der Waals surface area contributed by atoms with Gasteiger partial charge in [0.2, 0.25) is 0 Å². The molecule has 0 atom stereocenters. The second-order valence-corrected chi connectivity index (χ2v) is 7.14. The predicted octanol–water partition coefficient (Wildman–Crippen LogP) is 2.92. The second kappa shape index (κ2) is 9.16. The first-order valence-corrected chi connectivity index (χ1v) is 9.88. The third-order valence-electron chi connectivity index (χ3n) is 5.12. The Morgan fingerprint density at radius 2 is 1.67 bits per heavy atom. The molecule has 3 aromatic rings. The lowest BCUT2D eigenvalue weighted by Crippen LogP contribution is -2.46. The van der Waals surface area contributed by atoms with E-state index in [4.69, 9.17) is 5.26 Å². The molecule has 1 aliphatic rings. The van der Waals surface area contributed by atoms with E-state index in [9.17, 15) is 4.79 Å². The fraction of sp³-hybridized carbons (Fsp3) is 0.217. The number of nitriles is 1. The standard InChI is InChI=1S/C23H22N6O/c24-16-19-8-4-5-9-20(19)25-23(30)21-10-11-22(27-26-21)29-14-12-28(13-15-29)17-18-6-2-1-3-7-18/h1-11H,12-15,17H2,(H,25,30). The van der Waals surface area contributed by atoms with Crippen LogP contribution in [0.15, 0.2) is 66.7 Å². The monoisotopic (exact) mass is 398 g/mol. The van der Waals surface area contributed by atoms with Crippen LogP contribution in [0, 0.1) is 11.3 Å². The van der Waals surface area contributed by atoms with Gasteiger partial charge in [0.25, 0.3) is 5.91 Å². The van der Waals surface area contributed by atoms with Crippen molar-refractivity contribution >= 4 is 17.4 Å². The van der Waals surface area contributed by atoms with Crippen LogP contribution in [0.2, 0.25) is 0 Å². The van der Waals surface area contributed by atoms with Crippen LogP contribution in [0.5, 0.6) is 0 Å². The van der Waals surface area contributed by atoms with Crippen LogP contribution in [0.4, 0.5) is 11.5 Å². The lowest BCUT2D eigenvalue weighted by molar-refractivity contribution is 0.102. The third-order valence-corrected chi connectivity index (χ3v) is 5.12. The van der Waals surface area contributed by atoms with Gasteiger partial charge in [-0.2, -0.15) is 5.26 Å². The normalized spacial score (nSPS) is 14.2. The lowest BCUT2D eigenvalue weighted by Gasteiger charge is -2.35. The van der Waals surface area contributed by atoms with Crippen LogP contribution in [0.1, 0.15) is 21.6 Å². The van der Waals surface area contributed by atoms with Crippen LogP contribution in [-0.2, 0) is 6.54 Å². The number of nitrogens with one attached hydrogen (secondary N) is 1. The van der Waals surface area contributed by atoms with Gasteiger partial charge < -0.3 is 10.2 Å². The van der Waals surface area contributed by atoms with E-state index < -0.39 is 0 Å². The molecule has 1 N–H and O–H groups in total. The van der Waals surface area contributed by atoms with Crippen molar-refractivity contribution in [3.05, 3.63) is 83.6 Å². The summed E-state index contributed by atoms with van der Waals surface area (Å²) < 4.78 is 0. The number of para-hydroxylation sites is 1. The van der Waals surface area contributed by atoms with E-state index in [1.54, 1.807) is 30.3 Å². The molecule has 1 aliphatic heterocycles. The molecule has 0 saturated carbocycles. The number of hydrogen-bond acceptors (Lipinski definition) is 6. The summed E-state index contributed by atoms with van der Waals surface area (Å²) in [4.78, 5) is 17.0. The Morgan fingerprint density at radius 1 is 0.933 bits per heavy atom. The molecule has 7 nitrogen and oxygen atoms in total. The number of aromatic nitrogens is 2. The molecule has 1 amide bonds. The minimum absolute atomic E-state index is 0.217. The van der Waals surface area contributed by atoms with Crippen LogP contribution in [0.3, 0.4) is 0 Å². The number of hydrogen-bond donors (Lipinski definition) is 1. The molecule has 0 bridgehead atoms. The zero-order valence-electron chi connectivity index (χ0n) is 16.5. The van der Waals surface area contributed by atoms with Gasteiger partial charge in [-0.1, -0.05) is 42.5 Å². The first kappa shape index (κ1) is 19.6. The number of carbonyl (C=O) groups is 1. The Morgan fingerprint density at radius 3 is 2.37 bits per heavy atom. The molecule has 0 spiro atoms. The molecular formula is C23H22N6O. The van der Waals surface area contributed by atoms with E-state index in [1.165, 1.54) is 5.56 Å². The molecule has 2 heterocycles. The van der Waals surface area contributed by atoms with Gasteiger partial charge in [0.1, 0.15) is 6.07 Å². The fourth-order valence-electron chi connectivity index (χ4n) is 3.47. The average molecular weight is 398 g/mol.